The Hall–Kier alpha value is -2.05. The van der Waals surface area contributed by atoms with Crippen molar-refractivity contribution in [2.45, 2.75) is 43.5 Å². The number of nitrogens with one attached hydrogen (secondary N) is 1. The van der Waals surface area contributed by atoms with Crippen LogP contribution in [0.15, 0.2) is 47.4 Å². The molecule has 0 spiro atoms. The normalized spacial score (nSPS) is 23.2. The number of amides is 1. The summed E-state index contributed by atoms with van der Waals surface area (Å²) in [5, 5.41) is 3.66. The van der Waals surface area contributed by atoms with Gasteiger partial charge in [-0.25, -0.2) is 8.42 Å². The summed E-state index contributed by atoms with van der Waals surface area (Å²) in [5.74, 6) is 1.29. The van der Waals surface area contributed by atoms with Crippen molar-refractivity contribution in [2.75, 3.05) is 11.4 Å². The summed E-state index contributed by atoms with van der Waals surface area (Å²) in [6, 6.07) is 11.5. The van der Waals surface area contributed by atoms with Gasteiger partial charge in [0.25, 0.3) is 15.9 Å². The van der Waals surface area contributed by atoms with E-state index in [0.717, 1.165) is 17.9 Å². The van der Waals surface area contributed by atoms with Crippen molar-refractivity contribution in [3.8, 4) is 0 Å². The van der Waals surface area contributed by atoms with Crippen LogP contribution in [-0.2, 0) is 10.0 Å². The van der Waals surface area contributed by atoms with Crippen molar-refractivity contribution < 1.29 is 13.2 Å². The highest BCUT2D eigenvalue weighted by Crippen LogP contribution is 2.44. The molecule has 5 nitrogen and oxygen atoms in total. The van der Waals surface area contributed by atoms with E-state index in [4.69, 9.17) is 11.6 Å². The molecule has 1 N–H and O–H groups in total. The van der Waals surface area contributed by atoms with Gasteiger partial charge in [0.1, 0.15) is 0 Å². The summed E-state index contributed by atoms with van der Waals surface area (Å²) in [7, 11) is -2.20. The molecular weight excluding hydrogens is 408 g/mol. The fourth-order valence-corrected chi connectivity index (χ4v) is 6.10. The summed E-state index contributed by atoms with van der Waals surface area (Å²) in [4.78, 5) is 12.9. The number of nitrogens with zero attached hydrogens (tertiary/aromatic N) is 1. The minimum Gasteiger partial charge on any atom is -0.349 e. The molecule has 2 aromatic rings. The summed E-state index contributed by atoms with van der Waals surface area (Å²) in [6.07, 6.45) is 4.81. The van der Waals surface area contributed by atoms with Crippen molar-refractivity contribution in [1.82, 2.24) is 5.32 Å². The first-order valence-corrected chi connectivity index (χ1v) is 11.7. The molecule has 7 heteroatoms. The Morgan fingerprint density at radius 3 is 2.41 bits per heavy atom. The lowest BCUT2D eigenvalue weighted by Crippen LogP contribution is -2.38. The van der Waals surface area contributed by atoms with Gasteiger partial charge in [-0.2, -0.15) is 0 Å². The lowest BCUT2D eigenvalue weighted by Gasteiger charge is -2.24. The second-order valence-corrected chi connectivity index (χ2v) is 10.6. The Bertz CT molecular complexity index is 1040. The van der Waals surface area contributed by atoms with E-state index in [9.17, 15) is 13.2 Å². The van der Waals surface area contributed by atoms with Crippen LogP contribution in [0, 0.1) is 18.8 Å². The molecular formula is C22H25ClN2O3S. The first-order valence-electron chi connectivity index (χ1n) is 9.91. The highest BCUT2D eigenvalue weighted by Gasteiger charge is 2.40. The van der Waals surface area contributed by atoms with Gasteiger partial charge in [-0.05, 0) is 86.1 Å². The van der Waals surface area contributed by atoms with Gasteiger partial charge < -0.3 is 5.32 Å². The molecule has 1 amide bonds. The average molecular weight is 433 g/mol. The van der Waals surface area contributed by atoms with E-state index < -0.39 is 10.0 Å². The molecule has 0 radical (unpaired) electrons. The van der Waals surface area contributed by atoms with E-state index >= 15 is 0 Å². The van der Waals surface area contributed by atoms with Crippen LogP contribution in [-0.4, -0.2) is 27.4 Å². The molecule has 154 valence electrons. The van der Waals surface area contributed by atoms with Crippen molar-refractivity contribution in [1.29, 1.82) is 0 Å². The molecule has 3 atom stereocenters. The molecule has 0 heterocycles. The quantitative estimate of drug-likeness (QED) is 0.761. The lowest BCUT2D eigenvalue weighted by molar-refractivity contribution is 0.0923. The van der Waals surface area contributed by atoms with E-state index in [1.807, 2.05) is 6.92 Å². The van der Waals surface area contributed by atoms with Crippen molar-refractivity contribution in [3.63, 3.8) is 0 Å². The third-order valence-corrected chi connectivity index (χ3v) is 8.36. The van der Waals surface area contributed by atoms with Crippen LogP contribution in [0.2, 0.25) is 5.02 Å². The predicted octanol–water partition coefficient (Wildman–Crippen LogP) is 4.39. The molecule has 2 aromatic carbocycles. The van der Waals surface area contributed by atoms with E-state index in [0.29, 0.717) is 22.2 Å². The summed E-state index contributed by atoms with van der Waals surface area (Å²) < 4.78 is 27.1. The summed E-state index contributed by atoms with van der Waals surface area (Å²) in [6.45, 7) is 1.82. The number of anilines is 1. The van der Waals surface area contributed by atoms with Gasteiger partial charge in [-0.3, -0.25) is 9.10 Å². The van der Waals surface area contributed by atoms with Crippen LogP contribution >= 0.6 is 11.6 Å². The maximum absolute atomic E-state index is 12.9. The monoisotopic (exact) mass is 432 g/mol. The Morgan fingerprint density at radius 2 is 1.83 bits per heavy atom. The molecule has 2 aliphatic carbocycles. The van der Waals surface area contributed by atoms with Gasteiger partial charge in [-0.15, -0.1) is 0 Å². The zero-order chi connectivity index (χ0) is 20.8. The highest BCUT2D eigenvalue weighted by atomic mass is 35.5. The number of carbonyl (C=O) groups is 1. The number of fused-ring (bicyclic) bond motifs is 2. The predicted molar refractivity (Wildman–Crippen MR) is 115 cm³/mol. The molecule has 2 saturated carbocycles. The molecule has 2 fully saturated rings. The van der Waals surface area contributed by atoms with Gasteiger partial charge in [0.2, 0.25) is 0 Å². The molecule has 2 unspecified atom stereocenters. The smallest absolute Gasteiger partial charge is 0.264 e. The number of hydrogen-bond donors (Lipinski definition) is 1. The number of halogens is 1. The number of benzene rings is 2. The largest absolute Gasteiger partial charge is 0.349 e. The van der Waals surface area contributed by atoms with Crippen molar-refractivity contribution >= 4 is 33.2 Å². The second kappa shape index (κ2) is 7.65. The summed E-state index contributed by atoms with van der Waals surface area (Å²) in [5.41, 5.74) is 1.83. The standard InChI is InChI=1S/C22H25ClN2O3S/c1-14-11-17(22(26)24-20-13-15-3-4-16(20)12-15)5-10-21(14)25(2)29(27,28)19-8-6-18(23)7-9-19/h5-11,15-16,20H,3-4,12-13H2,1-2H3,(H,24,26)/t15?,16?,20-/m1/s1. The SMILES string of the molecule is Cc1cc(C(=O)N[C@@H]2CC3CCC2C3)ccc1N(C)S(=O)(=O)c1ccc(Cl)cc1. The fraction of sp³-hybridized carbons (Fsp3) is 0.409. The molecule has 2 aliphatic rings. The van der Waals surface area contributed by atoms with Crippen LogP contribution in [0.3, 0.4) is 0 Å². The van der Waals surface area contributed by atoms with E-state index in [1.165, 1.54) is 42.7 Å². The average Bonchev–Trinajstić information content (AvgIpc) is 3.31. The second-order valence-electron chi connectivity index (χ2n) is 8.18. The Morgan fingerprint density at radius 1 is 1.10 bits per heavy atom. The Kier molecular flexibility index (Phi) is 5.34. The van der Waals surface area contributed by atoms with Gasteiger partial charge in [0, 0.05) is 23.7 Å². The zero-order valence-electron chi connectivity index (χ0n) is 16.6. The minimum absolute atomic E-state index is 0.0830. The van der Waals surface area contributed by atoms with E-state index in [2.05, 4.69) is 5.32 Å². The van der Waals surface area contributed by atoms with Crippen LogP contribution in [0.25, 0.3) is 0 Å². The molecule has 2 bridgehead atoms. The summed E-state index contributed by atoms with van der Waals surface area (Å²) >= 11 is 5.87. The fourth-order valence-electron chi connectivity index (χ4n) is 4.72. The first kappa shape index (κ1) is 20.2. The number of carbonyl (C=O) groups excluding carboxylic acids is 1. The van der Waals surface area contributed by atoms with Crippen molar-refractivity contribution in [2.24, 2.45) is 11.8 Å². The van der Waals surface area contributed by atoms with Gasteiger partial charge >= 0.3 is 0 Å². The maximum atomic E-state index is 12.9. The van der Waals surface area contributed by atoms with Gasteiger partial charge in [0.05, 0.1) is 10.6 Å². The number of hydrogen-bond acceptors (Lipinski definition) is 3. The zero-order valence-corrected chi connectivity index (χ0v) is 18.1. The lowest BCUT2D eigenvalue weighted by atomic mass is 9.95. The molecule has 29 heavy (non-hydrogen) atoms. The molecule has 0 saturated heterocycles. The molecule has 4 rings (SSSR count). The number of sulfonamides is 1. The van der Waals surface area contributed by atoms with Crippen LogP contribution < -0.4 is 9.62 Å². The Labute approximate surface area is 177 Å². The number of aryl methyl sites for hydroxylation is 1. The van der Waals surface area contributed by atoms with Gasteiger partial charge in [0.15, 0.2) is 0 Å². The molecule has 0 aromatic heterocycles. The maximum Gasteiger partial charge on any atom is 0.264 e. The molecule has 0 aliphatic heterocycles. The third-order valence-electron chi connectivity index (χ3n) is 6.32. The van der Waals surface area contributed by atoms with E-state index in [1.54, 1.807) is 30.3 Å². The van der Waals surface area contributed by atoms with Crippen LogP contribution in [0.1, 0.15) is 41.6 Å². The van der Waals surface area contributed by atoms with Gasteiger partial charge in [-0.1, -0.05) is 18.0 Å². The Balaban J connectivity index is 1.52. The van der Waals surface area contributed by atoms with Crippen LogP contribution in [0.4, 0.5) is 5.69 Å². The third kappa shape index (κ3) is 3.88. The highest BCUT2D eigenvalue weighted by molar-refractivity contribution is 7.92. The number of rotatable bonds is 5. The minimum atomic E-state index is -3.71. The topological polar surface area (TPSA) is 66.5 Å². The van der Waals surface area contributed by atoms with E-state index in [-0.39, 0.29) is 16.8 Å². The van der Waals surface area contributed by atoms with Crippen molar-refractivity contribution in [3.05, 3.63) is 58.6 Å². The van der Waals surface area contributed by atoms with Crippen LogP contribution in [0.5, 0.6) is 0 Å². The first-order chi connectivity index (χ1) is 13.8.